The fraction of sp³-hybridized carbons (Fsp3) is 0.417. The van der Waals surface area contributed by atoms with E-state index >= 15 is 0 Å². The number of hydrogen-bond acceptors (Lipinski definition) is 3. The quantitative estimate of drug-likeness (QED) is 0.780. The van der Waals surface area contributed by atoms with Gasteiger partial charge in [-0.25, -0.2) is 9.18 Å². The molecule has 16 heavy (non-hydrogen) atoms. The van der Waals surface area contributed by atoms with Gasteiger partial charge in [-0.05, 0) is 25.5 Å². The van der Waals surface area contributed by atoms with Gasteiger partial charge >= 0.3 is 5.97 Å². The molecule has 0 unspecified atom stereocenters. The maximum absolute atomic E-state index is 13.5. The van der Waals surface area contributed by atoms with E-state index in [1.54, 1.807) is 13.0 Å². The lowest BCUT2D eigenvalue weighted by molar-refractivity contribution is -0.143. The van der Waals surface area contributed by atoms with E-state index in [0.717, 1.165) is 11.3 Å². The van der Waals surface area contributed by atoms with Gasteiger partial charge in [0.1, 0.15) is 11.9 Å². The van der Waals surface area contributed by atoms with Gasteiger partial charge in [-0.1, -0.05) is 6.07 Å². The van der Waals surface area contributed by atoms with E-state index in [0.29, 0.717) is 18.6 Å². The Morgan fingerprint density at radius 2 is 2.38 bits per heavy atom. The minimum absolute atomic E-state index is 0.264. The fourth-order valence-corrected chi connectivity index (χ4v) is 1.95. The standard InChI is InChI=1S/C12H14FNO2/c1-3-16-12(15)10-6-8-9(13)5-4-7(2)11(8)14-10/h4-5,10,14H,3,6H2,1-2H3/t10-/m1/s1. The second-order valence-corrected chi connectivity index (χ2v) is 3.87. The van der Waals surface area contributed by atoms with Crippen LogP contribution in [0.1, 0.15) is 18.1 Å². The van der Waals surface area contributed by atoms with Gasteiger partial charge < -0.3 is 10.1 Å². The summed E-state index contributed by atoms with van der Waals surface area (Å²) in [6, 6.07) is 2.68. The molecule has 1 N–H and O–H groups in total. The summed E-state index contributed by atoms with van der Waals surface area (Å²) in [5.41, 5.74) is 2.26. The SMILES string of the molecule is CCOC(=O)[C@H]1Cc2c(F)ccc(C)c2N1. The number of hydrogen-bond donors (Lipinski definition) is 1. The highest BCUT2D eigenvalue weighted by Gasteiger charge is 2.30. The first-order valence-corrected chi connectivity index (χ1v) is 5.34. The Labute approximate surface area is 93.6 Å². The summed E-state index contributed by atoms with van der Waals surface area (Å²) in [5.74, 6) is -0.586. The molecule has 1 aromatic carbocycles. The van der Waals surface area contributed by atoms with Gasteiger partial charge in [-0.2, -0.15) is 0 Å². The monoisotopic (exact) mass is 223 g/mol. The van der Waals surface area contributed by atoms with Crippen LogP contribution in [0.3, 0.4) is 0 Å². The molecular weight excluding hydrogens is 209 g/mol. The average molecular weight is 223 g/mol. The summed E-state index contributed by atoms with van der Waals surface area (Å²) >= 11 is 0. The van der Waals surface area contributed by atoms with E-state index < -0.39 is 6.04 Å². The number of rotatable bonds is 2. The maximum atomic E-state index is 13.5. The molecule has 86 valence electrons. The van der Waals surface area contributed by atoms with Crippen molar-refractivity contribution in [2.24, 2.45) is 0 Å². The minimum Gasteiger partial charge on any atom is -0.464 e. The zero-order chi connectivity index (χ0) is 11.7. The van der Waals surface area contributed by atoms with Crippen LogP contribution in [0.2, 0.25) is 0 Å². The summed E-state index contributed by atoms with van der Waals surface area (Å²) in [6.45, 7) is 3.99. The van der Waals surface area contributed by atoms with Crippen molar-refractivity contribution in [2.75, 3.05) is 11.9 Å². The molecule has 1 heterocycles. The molecule has 0 radical (unpaired) electrons. The van der Waals surface area contributed by atoms with Crippen molar-refractivity contribution in [3.05, 3.63) is 29.1 Å². The van der Waals surface area contributed by atoms with Crippen LogP contribution in [0.4, 0.5) is 10.1 Å². The Kier molecular flexibility index (Phi) is 2.81. The highest BCUT2D eigenvalue weighted by atomic mass is 19.1. The lowest BCUT2D eigenvalue weighted by Crippen LogP contribution is -2.29. The van der Waals surface area contributed by atoms with E-state index in [9.17, 15) is 9.18 Å². The largest absolute Gasteiger partial charge is 0.464 e. The normalized spacial score (nSPS) is 17.8. The van der Waals surface area contributed by atoms with Crippen molar-refractivity contribution in [3.63, 3.8) is 0 Å². The summed E-state index contributed by atoms with van der Waals surface area (Å²) < 4.78 is 18.4. The molecule has 0 fully saturated rings. The number of halogens is 1. The number of benzene rings is 1. The number of carbonyl (C=O) groups is 1. The number of esters is 1. The molecule has 0 spiro atoms. The van der Waals surface area contributed by atoms with Crippen LogP contribution in [0.15, 0.2) is 12.1 Å². The number of fused-ring (bicyclic) bond motifs is 1. The van der Waals surface area contributed by atoms with Crippen molar-refractivity contribution >= 4 is 11.7 Å². The fourth-order valence-electron chi connectivity index (χ4n) is 1.95. The second-order valence-electron chi connectivity index (χ2n) is 3.87. The van der Waals surface area contributed by atoms with Gasteiger partial charge in [0.05, 0.1) is 6.61 Å². The Morgan fingerprint density at radius 3 is 3.00 bits per heavy atom. The highest BCUT2D eigenvalue weighted by Crippen LogP contribution is 2.31. The highest BCUT2D eigenvalue weighted by molar-refractivity contribution is 5.83. The third-order valence-corrected chi connectivity index (χ3v) is 2.76. The lowest BCUT2D eigenvalue weighted by atomic mass is 10.1. The zero-order valence-corrected chi connectivity index (χ0v) is 9.34. The Hall–Kier alpha value is -1.58. The second kappa shape index (κ2) is 4.12. The molecule has 1 aliphatic heterocycles. The van der Waals surface area contributed by atoms with Crippen LogP contribution in [-0.4, -0.2) is 18.6 Å². The molecular formula is C12H14FNO2. The van der Waals surface area contributed by atoms with Crippen molar-refractivity contribution in [3.8, 4) is 0 Å². The summed E-state index contributed by atoms with van der Waals surface area (Å²) in [5, 5.41) is 3.01. The van der Waals surface area contributed by atoms with E-state index in [2.05, 4.69) is 5.32 Å². The lowest BCUT2D eigenvalue weighted by Gasteiger charge is -2.10. The molecule has 0 saturated carbocycles. The summed E-state index contributed by atoms with van der Waals surface area (Å²) in [7, 11) is 0. The first kappa shape index (κ1) is 10.9. The van der Waals surface area contributed by atoms with E-state index in [1.165, 1.54) is 6.07 Å². The molecule has 0 aromatic heterocycles. The van der Waals surface area contributed by atoms with Crippen molar-refractivity contribution < 1.29 is 13.9 Å². The van der Waals surface area contributed by atoms with Gasteiger partial charge in [0.15, 0.2) is 0 Å². The van der Waals surface area contributed by atoms with Gasteiger partial charge in [0.2, 0.25) is 0 Å². The van der Waals surface area contributed by atoms with E-state index in [1.807, 2.05) is 6.92 Å². The Bertz CT molecular complexity index is 400. The van der Waals surface area contributed by atoms with Gasteiger partial charge in [-0.3, -0.25) is 0 Å². The molecule has 4 heteroatoms. The third-order valence-electron chi connectivity index (χ3n) is 2.76. The number of anilines is 1. The molecule has 0 aliphatic carbocycles. The number of nitrogens with one attached hydrogen (secondary N) is 1. The molecule has 1 aliphatic rings. The molecule has 0 saturated heterocycles. The van der Waals surface area contributed by atoms with Gasteiger partial charge in [0.25, 0.3) is 0 Å². The number of ether oxygens (including phenoxy) is 1. The van der Waals surface area contributed by atoms with Crippen molar-refractivity contribution in [1.82, 2.24) is 0 Å². The third kappa shape index (κ3) is 1.75. The van der Waals surface area contributed by atoms with Crippen LogP contribution in [0, 0.1) is 12.7 Å². The Balaban J connectivity index is 2.24. The summed E-state index contributed by atoms with van der Waals surface area (Å²) in [4.78, 5) is 11.5. The van der Waals surface area contributed by atoms with Crippen molar-refractivity contribution in [2.45, 2.75) is 26.3 Å². The molecule has 0 amide bonds. The molecule has 1 aromatic rings. The minimum atomic E-state index is -0.453. The van der Waals surface area contributed by atoms with Crippen LogP contribution in [-0.2, 0) is 16.0 Å². The predicted molar refractivity (Wildman–Crippen MR) is 58.9 cm³/mol. The van der Waals surface area contributed by atoms with Crippen LogP contribution < -0.4 is 5.32 Å². The van der Waals surface area contributed by atoms with Crippen LogP contribution >= 0.6 is 0 Å². The number of aryl methyl sites for hydroxylation is 1. The van der Waals surface area contributed by atoms with Crippen molar-refractivity contribution in [1.29, 1.82) is 0 Å². The van der Waals surface area contributed by atoms with E-state index in [4.69, 9.17) is 4.74 Å². The molecule has 0 bridgehead atoms. The first-order valence-electron chi connectivity index (χ1n) is 5.34. The Morgan fingerprint density at radius 1 is 1.62 bits per heavy atom. The van der Waals surface area contributed by atoms with Crippen LogP contribution in [0.5, 0.6) is 0 Å². The molecule has 1 atom stereocenters. The topological polar surface area (TPSA) is 38.3 Å². The number of carbonyl (C=O) groups excluding carboxylic acids is 1. The van der Waals surface area contributed by atoms with Gasteiger partial charge in [0, 0.05) is 17.7 Å². The maximum Gasteiger partial charge on any atom is 0.328 e. The van der Waals surface area contributed by atoms with Gasteiger partial charge in [-0.15, -0.1) is 0 Å². The predicted octanol–water partition coefficient (Wildman–Crippen LogP) is 2.03. The summed E-state index contributed by atoms with van der Waals surface area (Å²) in [6.07, 6.45) is 0.363. The molecule has 3 nitrogen and oxygen atoms in total. The molecule has 2 rings (SSSR count). The van der Waals surface area contributed by atoms with E-state index in [-0.39, 0.29) is 11.8 Å². The zero-order valence-electron chi connectivity index (χ0n) is 9.34. The smallest absolute Gasteiger partial charge is 0.328 e. The average Bonchev–Trinajstić information content (AvgIpc) is 2.70. The first-order chi connectivity index (χ1) is 7.63. The van der Waals surface area contributed by atoms with Crippen LogP contribution in [0.25, 0.3) is 0 Å².